The molecule has 0 atom stereocenters. The van der Waals surface area contributed by atoms with E-state index in [1.54, 1.807) is 19.2 Å². The number of benzene rings is 3. The maximum atomic E-state index is 13.6. The van der Waals surface area contributed by atoms with Gasteiger partial charge in [-0.15, -0.1) is 0 Å². The van der Waals surface area contributed by atoms with Gasteiger partial charge in [-0.2, -0.15) is 0 Å². The van der Waals surface area contributed by atoms with Crippen LogP contribution < -0.4 is 5.32 Å². The molecule has 0 radical (unpaired) electrons. The highest BCUT2D eigenvalue weighted by Gasteiger charge is 2.11. The van der Waals surface area contributed by atoms with Gasteiger partial charge in [-0.05, 0) is 39.6 Å². The standard InChI is InChI=1S/C20H16FNO/c1-22-20(23)13-19(15-8-4-9-16(21)12-15)18-11-5-7-14-6-2-3-10-17(14)18/h2-13H,1H3,(H,22,23)/b19-13-. The number of likely N-dealkylation sites (N-methyl/N-ethyl adjacent to an activating group) is 1. The van der Waals surface area contributed by atoms with Gasteiger partial charge in [0.1, 0.15) is 5.82 Å². The third-order valence-corrected chi connectivity index (χ3v) is 3.74. The van der Waals surface area contributed by atoms with Crippen LogP contribution in [-0.4, -0.2) is 13.0 Å². The topological polar surface area (TPSA) is 29.1 Å². The number of carbonyl (C=O) groups excluding carboxylic acids is 1. The molecule has 0 saturated heterocycles. The Morgan fingerprint density at radius 2 is 1.74 bits per heavy atom. The fourth-order valence-electron chi connectivity index (χ4n) is 2.64. The van der Waals surface area contributed by atoms with Crippen molar-refractivity contribution in [3.8, 4) is 0 Å². The molecule has 2 nitrogen and oxygen atoms in total. The molecule has 0 bridgehead atoms. The fraction of sp³-hybridized carbons (Fsp3) is 0.0500. The average molecular weight is 305 g/mol. The van der Waals surface area contributed by atoms with Gasteiger partial charge >= 0.3 is 0 Å². The Morgan fingerprint density at radius 3 is 2.52 bits per heavy atom. The average Bonchev–Trinajstić information content (AvgIpc) is 2.59. The molecule has 0 aromatic heterocycles. The Hall–Kier alpha value is -2.94. The third-order valence-electron chi connectivity index (χ3n) is 3.74. The van der Waals surface area contributed by atoms with Gasteiger partial charge in [0.2, 0.25) is 5.91 Å². The molecule has 0 fully saturated rings. The van der Waals surface area contributed by atoms with Crippen LogP contribution in [0.25, 0.3) is 16.3 Å². The van der Waals surface area contributed by atoms with E-state index in [4.69, 9.17) is 0 Å². The predicted molar refractivity (Wildman–Crippen MR) is 91.5 cm³/mol. The van der Waals surface area contributed by atoms with Crippen LogP contribution in [0.2, 0.25) is 0 Å². The van der Waals surface area contributed by atoms with Crippen molar-refractivity contribution in [1.29, 1.82) is 0 Å². The molecular formula is C20H16FNO. The molecule has 114 valence electrons. The minimum atomic E-state index is -0.328. The lowest BCUT2D eigenvalue weighted by Crippen LogP contribution is -2.15. The zero-order valence-corrected chi connectivity index (χ0v) is 12.7. The largest absolute Gasteiger partial charge is 0.356 e. The molecule has 3 rings (SSSR count). The first kappa shape index (κ1) is 15.0. The highest BCUT2D eigenvalue weighted by atomic mass is 19.1. The molecule has 3 aromatic carbocycles. The third kappa shape index (κ3) is 3.14. The SMILES string of the molecule is CNC(=O)/C=C(/c1cccc(F)c1)c1cccc2ccccc12. The van der Waals surface area contributed by atoms with Gasteiger partial charge in [-0.25, -0.2) is 4.39 Å². The second kappa shape index (κ2) is 6.44. The van der Waals surface area contributed by atoms with Crippen molar-refractivity contribution >= 4 is 22.3 Å². The summed E-state index contributed by atoms with van der Waals surface area (Å²) in [5, 5.41) is 4.68. The monoisotopic (exact) mass is 305 g/mol. The lowest BCUT2D eigenvalue weighted by Gasteiger charge is -2.12. The lowest BCUT2D eigenvalue weighted by atomic mass is 9.93. The number of hydrogen-bond acceptors (Lipinski definition) is 1. The number of hydrogen-bond donors (Lipinski definition) is 1. The summed E-state index contributed by atoms with van der Waals surface area (Å²) >= 11 is 0. The normalized spacial score (nSPS) is 11.5. The Bertz CT molecular complexity index is 894. The fourth-order valence-corrected chi connectivity index (χ4v) is 2.64. The summed E-state index contributed by atoms with van der Waals surface area (Å²) in [6.45, 7) is 0. The van der Waals surface area contributed by atoms with E-state index in [2.05, 4.69) is 5.32 Å². The second-order valence-corrected chi connectivity index (χ2v) is 5.21. The van der Waals surface area contributed by atoms with Gasteiger partial charge in [0.05, 0.1) is 0 Å². The number of halogens is 1. The van der Waals surface area contributed by atoms with Crippen LogP contribution in [0.15, 0.2) is 72.8 Å². The van der Waals surface area contributed by atoms with Crippen LogP contribution >= 0.6 is 0 Å². The van der Waals surface area contributed by atoms with E-state index in [-0.39, 0.29) is 11.7 Å². The first-order valence-corrected chi connectivity index (χ1v) is 7.36. The number of rotatable bonds is 3. The Kier molecular flexibility index (Phi) is 4.20. The van der Waals surface area contributed by atoms with E-state index in [1.807, 2.05) is 42.5 Å². The molecule has 0 aliphatic carbocycles. The van der Waals surface area contributed by atoms with Crippen LogP contribution in [0.3, 0.4) is 0 Å². The minimum absolute atomic E-state index is 0.225. The van der Waals surface area contributed by atoms with Gasteiger partial charge in [0, 0.05) is 13.1 Å². The molecule has 0 saturated carbocycles. The summed E-state index contributed by atoms with van der Waals surface area (Å²) < 4.78 is 13.6. The van der Waals surface area contributed by atoms with E-state index in [0.29, 0.717) is 11.1 Å². The van der Waals surface area contributed by atoms with Crippen molar-refractivity contribution in [3.63, 3.8) is 0 Å². The first-order chi connectivity index (χ1) is 11.2. The summed E-state index contributed by atoms with van der Waals surface area (Å²) in [6, 6.07) is 20.1. The van der Waals surface area contributed by atoms with Crippen LogP contribution in [0.5, 0.6) is 0 Å². The van der Waals surface area contributed by atoms with E-state index in [1.165, 1.54) is 18.2 Å². The highest BCUT2D eigenvalue weighted by Crippen LogP contribution is 2.30. The van der Waals surface area contributed by atoms with E-state index < -0.39 is 0 Å². The van der Waals surface area contributed by atoms with Crippen molar-refractivity contribution in [2.24, 2.45) is 0 Å². The van der Waals surface area contributed by atoms with Crippen molar-refractivity contribution in [2.75, 3.05) is 7.05 Å². The van der Waals surface area contributed by atoms with Crippen molar-refractivity contribution in [1.82, 2.24) is 5.32 Å². The molecule has 0 aliphatic rings. The van der Waals surface area contributed by atoms with Gasteiger partial charge in [-0.1, -0.05) is 54.6 Å². The predicted octanol–water partition coefficient (Wildman–Crippen LogP) is 4.16. The summed E-state index contributed by atoms with van der Waals surface area (Å²) in [5.74, 6) is -0.553. The number of amides is 1. The summed E-state index contributed by atoms with van der Waals surface area (Å²) in [7, 11) is 1.57. The molecule has 0 heterocycles. The van der Waals surface area contributed by atoms with Crippen molar-refractivity contribution in [2.45, 2.75) is 0 Å². The number of fused-ring (bicyclic) bond motifs is 1. The summed E-state index contributed by atoms with van der Waals surface area (Å²) in [6.07, 6.45) is 1.51. The van der Waals surface area contributed by atoms with E-state index in [9.17, 15) is 9.18 Å². The van der Waals surface area contributed by atoms with Gasteiger partial charge in [-0.3, -0.25) is 4.79 Å². The number of carbonyl (C=O) groups is 1. The van der Waals surface area contributed by atoms with Crippen LogP contribution in [0.1, 0.15) is 11.1 Å². The Balaban J connectivity index is 2.27. The summed E-state index contributed by atoms with van der Waals surface area (Å²) in [4.78, 5) is 11.9. The van der Waals surface area contributed by atoms with Crippen molar-refractivity contribution < 1.29 is 9.18 Å². The minimum Gasteiger partial charge on any atom is -0.356 e. The molecule has 23 heavy (non-hydrogen) atoms. The van der Waals surface area contributed by atoms with E-state index >= 15 is 0 Å². The zero-order valence-electron chi connectivity index (χ0n) is 12.7. The second-order valence-electron chi connectivity index (χ2n) is 5.21. The molecule has 3 heteroatoms. The molecule has 0 unspecified atom stereocenters. The highest BCUT2D eigenvalue weighted by molar-refractivity contribution is 6.04. The van der Waals surface area contributed by atoms with Crippen LogP contribution in [-0.2, 0) is 4.79 Å². The maximum absolute atomic E-state index is 13.6. The van der Waals surface area contributed by atoms with Gasteiger partial charge < -0.3 is 5.32 Å². The zero-order chi connectivity index (χ0) is 16.2. The van der Waals surface area contributed by atoms with Crippen molar-refractivity contribution in [3.05, 3.63) is 89.8 Å². The maximum Gasteiger partial charge on any atom is 0.244 e. The summed E-state index contributed by atoms with van der Waals surface area (Å²) in [5.41, 5.74) is 2.27. The molecule has 1 amide bonds. The van der Waals surface area contributed by atoms with E-state index in [0.717, 1.165) is 16.3 Å². The molecule has 0 aliphatic heterocycles. The smallest absolute Gasteiger partial charge is 0.244 e. The lowest BCUT2D eigenvalue weighted by molar-refractivity contribution is -0.116. The Morgan fingerprint density at radius 1 is 1.00 bits per heavy atom. The first-order valence-electron chi connectivity index (χ1n) is 7.36. The Labute approximate surface area is 134 Å². The van der Waals surface area contributed by atoms with Crippen LogP contribution in [0.4, 0.5) is 4.39 Å². The number of nitrogens with one attached hydrogen (secondary N) is 1. The molecule has 1 N–H and O–H groups in total. The van der Waals surface area contributed by atoms with Crippen LogP contribution in [0, 0.1) is 5.82 Å². The quantitative estimate of drug-likeness (QED) is 0.723. The van der Waals surface area contributed by atoms with Gasteiger partial charge in [0.25, 0.3) is 0 Å². The molecular weight excluding hydrogens is 289 g/mol. The molecule has 3 aromatic rings. The van der Waals surface area contributed by atoms with Gasteiger partial charge in [0.15, 0.2) is 0 Å². The molecule has 0 spiro atoms.